The van der Waals surface area contributed by atoms with Gasteiger partial charge in [0.1, 0.15) is 0 Å². The summed E-state index contributed by atoms with van der Waals surface area (Å²) in [5.41, 5.74) is 9.69. The molecular formula is C27H47N. The van der Waals surface area contributed by atoms with Crippen LogP contribution in [0, 0.1) is 46.3 Å². The van der Waals surface area contributed by atoms with E-state index in [0.29, 0.717) is 16.9 Å². The average molecular weight is 386 g/mol. The fourth-order valence-corrected chi connectivity index (χ4v) is 8.79. The molecular weight excluding hydrogens is 338 g/mol. The normalized spacial score (nSPS) is 46.5. The summed E-state index contributed by atoms with van der Waals surface area (Å²) in [7, 11) is 0. The van der Waals surface area contributed by atoms with Crippen LogP contribution < -0.4 is 5.73 Å². The van der Waals surface area contributed by atoms with Crippen molar-refractivity contribution in [3.05, 3.63) is 11.6 Å². The highest BCUT2D eigenvalue weighted by Crippen LogP contribution is 2.67. The molecule has 2 N–H and O–H groups in total. The third-order valence-electron chi connectivity index (χ3n) is 10.3. The van der Waals surface area contributed by atoms with Crippen LogP contribution in [0.15, 0.2) is 11.6 Å². The van der Waals surface area contributed by atoms with E-state index >= 15 is 0 Å². The Morgan fingerprint density at radius 1 is 1.00 bits per heavy atom. The molecule has 0 spiro atoms. The van der Waals surface area contributed by atoms with Crippen LogP contribution in [0.3, 0.4) is 0 Å². The fraction of sp³-hybridized carbons (Fsp3) is 0.926. The summed E-state index contributed by atoms with van der Waals surface area (Å²) in [5.74, 6) is 5.15. The van der Waals surface area contributed by atoms with E-state index in [9.17, 15) is 0 Å². The van der Waals surface area contributed by atoms with Gasteiger partial charge in [-0.25, -0.2) is 0 Å². The quantitative estimate of drug-likeness (QED) is 0.492. The number of fused-ring (bicyclic) bond motifs is 5. The van der Waals surface area contributed by atoms with Crippen molar-refractivity contribution in [3.8, 4) is 0 Å². The second-order valence-electron chi connectivity index (χ2n) is 12.2. The lowest BCUT2D eigenvalue weighted by Gasteiger charge is -2.59. The third-order valence-corrected chi connectivity index (χ3v) is 10.3. The van der Waals surface area contributed by atoms with Crippen LogP contribution in [0.1, 0.15) is 105 Å². The second-order valence-corrected chi connectivity index (χ2v) is 12.2. The molecule has 3 fully saturated rings. The lowest BCUT2D eigenvalue weighted by molar-refractivity contribution is -0.0563. The summed E-state index contributed by atoms with van der Waals surface area (Å²) in [6, 6.07) is 0.325. The highest BCUT2D eigenvalue weighted by molar-refractivity contribution is 5.27. The molecule has 0 aromatic rings. The number of hydrogen-bond donors (Lipinski definition) is 1. The third kappa shape index (κ3) is 3.32. The Labute approximate surface area is 175 Å². The summed E-state index contributed by atoms with van der Waals surface area (Å²) >= 11 is 0. The van der Waals surface area contributed by atoms with Gasteiger partial charge >= 0.3 is 0 Å². The molecule has 0 amide bonds. The van der Waals surface area contributed by atoms with Gasteiger partial charge in [0.2, 0.25) is 0 Å². The van der Waals surface area contributed by atoms with Gasteiger partial charge in [-0.2, -0.15) is 0 Å². The summed E-state index contributed by atoms with van der Waals surface area (Å²) in [6.45, 7) is 12.6. The molecule has 1 heteroatoms. The Bertz CT molecular complexity index is 591. The van der Waals surface area contributed by atoms with E-state index in [-0.39, 0.29) is 0 Å². The van der Waals surface area contributed by atoms with Crippen molar-refractivity contribution in [1.29, 1.82) is 0 Å². The molecule has 4 unspecified atom stereocenters. The topological polar surface area (TPSA) is 26.0 Å². The van der Waals surface area contributed by atoms with Crippen molar-refractivity contribution in [2.45, 2.75) is 111 Å². The minimum absolute atomic E-state index is 0.325. The SMILES string of the molecule is CC(C)CCC[C@@H](C)[C@H]1CCC2C3C(N)C=C4CCCC[C@]4(C)C3CC[C@@]21C. The van der Waals surface area contributed by atoms with Crippen molar-refractivity contribution >= 4 is 0 Å². The molecule has 0 radical (unpaired) electrons. The first-order chi connectivity index (χ1) is 13.3. The van der Waals surface area contributed by atoms with E-state index in [4.69, 9.17) is 5.73 Å². The van der Waals surface area contributed by atoms with E-state index in [1.54, 1.807) is 5.57 Å². The number of rotatable bonds is 5. The number of allylic oxidation sites excluding steroid dienone is 1. The van der Waals surface area contributed by atoms with Crippen LogP contribution in [0.2, 0.25) is 0 Å². The van der Waals surface area contributed by atoms with Crippen LogP contribution in [-0.4, -0.2) is 6.04 Å². The molecule has 4 aliphatic rings. The van der Waals surface area contributed by atoms with Crippen LogP contribution >= 0.6 is 0 Å². The maximum Gasteiger partial charge on any atom is 0.0261 e. The molecule has 3 saturated carbocycles. The predicted octanol–water partition coefficient (Wildman–Crippen LogP) is 7.36. The lowest BCUT2D eigenvalue weighted by atomic mass is 9.46. The zero-order valence-corrected chi connectivity index (χ0v) is 19.5. The van der Waals surface area contributed by atoms with Crippen LogP contribution in [0.4, 0.5) is 0 Å². The molecule has 0 saturated heterocycles. The molecule has 4 aliphatic carbocycles. The first-order valence-electron chi connectivity index (χ1n) is 12.7. The van der Waals surface area contributed by atoms with Gasteiger partial charge in [-0.05, 0) is 91.3 Å². The van der Waals surface area contributed by atoms with Gasteiger partial charge in [0.05, 0.1) is 0 Å². The minimum atomic E-state index is 0.325. The van der Waals surface area contributed by atoms with E-state index in [0.717, 1.165) is 35.5 Å². The number of hydrogen-bond acceptors (Lipinski definition) is 1. The van der Waals surface area contributed by atoms with E-state index in [2.05, 4.69) is 40.7 Å². The zero-order chi connectivity index (χ0) is 20.1. The molecule has 0 aromatic carbocycles. The van der Waals surface area contributed by atoms with Crippen molar-refractivity contribution in [3.63, 3.8) is 0 Å². The Kier molecular flexibility index (Phi) is 5.80. The summed E-state index contributed by atoms with van der Waals surface area (Å²) in [6.07, 6.45) is 18.2. The van der Waals surface area contributed by atoms with Crippen molar-refractivity contribution < 1.29 is 0 Å². The summed E-state index contributed by atoms with van der Waals surface area (Å²) in [4.78, 5) is 0. The van der Waals surface area contributed by atoms with Crippen LogP contribution in [0.25, 0.3) is 0 Å². The fourth-order valence-electron chi connectivity index (χ4n) is 8.79. The van der Waals surface area contributed by atoms with Gasteiger partial charge in [-0.3, -0.25) is 0 Å². The Hall–Kier alpha value is -0.300. The van der Waals surface area contributed by atoms with E-state index < -0.39 is 0 Å². The minimum Gasteiger partial charge on any atom is -0.324 e. The second kappa shape index (κ2) is 7.75. The standard InChI is InChI=1S/C27H47N/c1-18(2)9-8-10-19(3)21-12-13-22-25-23(14-16-27(21,22)5)26(4)15-7-6-11-20(26)17-24(25)28/h17-19,21-25H,6-16,28H2,1-5H3/t19-,21-,22?,23?,24?,25?,26+,27-/m1/s1. The number of nitrogens with two attached hydrogens (primary N) is 1. The van der Waals surface area contributed by atoms with Crippen LogP contribution in [0.5, 0.6) is 0 Å². The van der Waals surface area contributed by atoms with Gasteiger partial charge in [0, 0.05) is 6.04 Å². The van der Waals surface area contributed by atoms with Crippen molar-refractivity contribution in [1.82, 2.24) is 0 Å². The molecule has 0 heterocycles. The monoisotopic (exact) mass is 385 g/mol. The maximum atomic E-state index is 6.93. The Morgan fingerprint density at radius 2 is 1.79 bits per heavy atom. The first kappa shape index (κ1) is 21.0. The maximum absolute atomic E-state index is 6.93. The zero-order valence-electron chi connectivity index (χ0n) is 19.5. The first-order valence-corrected chi connectivity index (χ1v) is 12.7. The molecule has 8 atom stereocenters. The highest BCUT2D eigenvalue weighted by Gasteiger charge is 2.60. The van der Waals surface area contributed by atoms with Gasteiger partial charge < -0.3 is 5.73 Å². The molecule has 4 rings (SSSR count). The van der Waals surface area contributed by atoms with Gasteiger partial charge in [0.15, 0.2) is 0 Å². The Balaban J connectivity index is 1.53. The summed E-state index contributed by atoms with van der Waals surface area (Å²) < 4.78 is 0. The van der Waals surface area contributed by atoms with Crippen LogP contribution in [-0.2, 0) is 0 Å². The average Bonchev–Trinajstić information content (AvgIpc) is 2.99. The Morgan fingerprint density at radius 3 is 2.54 bits per heavy atom. The molecule has 28 heavy (non-hydrogen) atoms. The summed E-state index contributed by atoms with van der Waals surface area (Å²) in [5, 5.41) is 0. The van der Waals surface area contributed by atoms with Gasteiger partial charge in [0.25, 0.3) is 0 Å². The highest BCUT2D eigenvalue weighted by atomic mass is 14.7. The van der Waals surface area contributed by atoms with Crippen molar-refractivity contribution in [2.24, 2.45) is 52.1 Å². The molecule has 160 valence electrons. The smallest absolute Gasteiger partial charge is 0.0261 e. The van der Waals surface area contributed by atoms with Gasteiger partial charge in [-0.15, -0.1) is 0 Å². The molecule has 0 bridgehead atoms. The molecule has 0 aliphatic heterocycles. The largest absolute Gasteiger partial charge is 0.324 e. The van der Waals surface area contributed by atoms with E-state index in [1.807, 2.05) is 0 Å². The van der Waals surface area contributed by atoms with Gasteiger partial charge in [-0.1, -0.05) is 72.0 Å². The lowest BCUT2D eigenvalue weighted by Crippen LogP contribution is -2.56. The molecule has 0 aromatic heterocycles. The van der Waals surface area contributed by atoms with Crippen molar-refractivity contribution in [2.75, 3.05) is 0 Å². The predicted molar refractivity (Wildman–Crippen MR) is 121 cm³/mol. The molecule has 1 nitrogen and oxygen atoms in total. The van der Waals surface area contributed by atoms with E-state index in [1.165, 1.54) is 70.6 Å².